The molecule has 0 bridgehead atoms. The number of carbonyl (C=O) groups is 2. The van der Waals surface area contributed by atoms with E-state index in [0.29, 0.717) is 49.4 Å². The van der Waals surface area contributed by atoms with Crippen molar-refractivity contribution in [2.45, 2.75) is 153 Å². The zero-order valence-electron chi connectivity index (χ0n) is 39.0. The number of likely N-dealkylation sites (N-methyl/N-ethyl adjacent to an activating group) is 1. The number of methoxy groups -OCH3 is 3. The van der Waals surface area contributed by atoms with Gasteiger partial charge in [-0.15, -0.1) is 5.10 Å². The molecule has 4 heterocycles. The Labute approximate surface area is 377 Å². The summed E-state index contributed by atoms with van der Waals surface area (Å²) < 4.78 is 66.1. The van der Waals surface area contributed by atoms with Crippen LogP contribution in [0, 0.1) is 41.3 Å². The molecule has 1 aromatic carbocycles. The Kier molecular flexibility index (Phi) is 14.9. The zero-order chi connectivity index (χ0) is 45.4. The quantitative estimate of drug-likeness (QED) is 0.217. The van der Waals surface area contributed by atoms with Crippen molar-refractivity contribution < 1.29 is 51.9 Å². The average molecular weight is 893 g/mol. The van der Waals surface area contributed by atoms with E-state index in [2.05, 4.69) is 48.4 Å². The Balaban J connectivity index is 1.13. The predicted molar refractivity (Wildman–Crippen MR) is 235 cm³/mol. The van der Waals surface area contributed by atoms with E-state index in [4.69, 9.17) is 37.9 Å². The van der Waals surface area contributed by atoms with Crippen LogP contribution in [0.4, 0.5) is 4.39 Å². The number of allylic oxidation sites excluding steroid dienone is 4. The maximum atomic E-state index is 15.1. The standard InChI is InChI=1S/C49H69FN4O10/c1-10-31-12-11-13-42(64-44-19-18-40(53(5)6)27(3)60-44)26(2)45(56)38-22-34-33-20-32(63-49-48(59-9)47(58-8)46(57-7)28(4)61-49)21-37(33)41(23-35(34)36(38)24-43(55)62-31)54-25-39(51-52-54)29-14-16-30(50)17-15-29/h14-17,22-23,25-28,31-37,40,42,44,46-49H,10-13,18-21,24H2,1-9H3/t26-,27?,28?,31+,32+,33+,34+,35-,36+,37-,40+,42+,44+,46+,47?,48+,49+/m1/s1. The summed E-state index contributed by atoms with van der Waals surface area (Å²) in [5, 5.41) is 9.18. The Hall–Kier alpha value is -3.41. The van der Waals surface area contributed by atoms with Crippen molar-refractivity contribution in [1.82, 2.24) is 19.9 Å². The van der Waals surface area contributed by atoms with Gasteiger partial charge in [0, 0.05) is 56.4 Å². The molecule has 8 rings (SSSR count). The summed E-state index contributed by atoms with van der Waals surface area (Å²) in [5.74, 6) is -1.83. The van der Waals surface area contributed by atoms with Gasteiger partial charge in [0.15, 0.2) is 18.4 Å². The molecule has 4 fully saturated rings. The SMILES string of the molecule is CC[C@H]1CCC[C@H](O[C@H]2CC[C@H](N(C)C)C(C)O2)[C@@H](C)C(=O)C2=C[C@@H]3[C@@H](C=C(n4cc(-c5ccc(F)cc5)nn4)[C@@H]4C[C@@H](O[C@@H]5OC(C)[C@H](OC)C(OC)[C@@H]5OC)C[C@@H]34)[C@@H]2CC(=O)O1. The van der Waals surface area contributed by atoms with Gasteiger partial charge in [0.2, 0.25) is 0 Å². The molecule has 3 aliphatic heterocycles. The van der Waals surface area contributed by atoms with Crippen molar-refractivity contribution >= 4 is 17.4 Å². The van der Waals surface area contributed by atoms with Gasteiger partial charge in [0.25, 0.3) is 0 Å². The number of rotatable bonds is 11. The Morgan fingerprint density at radius 2 is 1.59 bits per heavy atom. The first-order chi connectivity index (χ1) is 30.8. The molecule has 6 aliphatic rings. The number of ketones is 1. The van der Waals surface area contributed by atoms with Crippen LogP contribution in [0.25, 0.3) is 17.0 Å². The molecule has 0 N–H and O–H groups in total. The Morgan fingerprint density at radius 3 is 2.28 bits per heavy atom. The molecule has 3 saturated heterocycles. The van der Waals surface area contributed by atoms with Crippen molar-refractivity contribution in [3.05, 3.63) is 54.0 Å². The first-order valence-corrected chi connectivity index (χ1v) is 23.5. The number of nitrogens with zero attached hydrogens (tertiary/aromatic N) is 4. The summed E-state index contributed by atoms with van der Waals surface area (Å²) in [4.78, 5) is 31.3. The van der Waals surface area contributed by atoms with Crippen LogP contribution in [-0.2, 0) is 47.5 Å². The van der Waals surface area contributed by atoms with Gasteiger partial charge in [0.05, 0.1) is 37.0 Å². The first kappa shape index (κ1) is 47.1. The Morgan fingerprint density at radius 1 is 0.844 bits per heavy atom. The van der Waals surface area contributed by atoms with Crippen LogP contribution < -0.4 is 0 Å². The van der Waals surface area contributed by atoms with Crippen molar-refractivity contribution in [3.63, 3.8) is 0 Å². The maximum absolute atomic E-state index is 15.1. The molecule has 352 valence electrons. The van der Waals surface area contributed by atoms with Gasteiger partial charge < -0.3 is 42.8 Å². The molecule has 1 aromatic heterocycles. The topological polar surface area (TPSA) is 142 Å². The Bertz CT molecular complexity index is 1990. The van der Waals surface area contributed by atoms with E-state index < -0.39 is 36.6 Å². The molecule has 0 radical (unpaired) electrons. The fourth-order valence-electron chi connectivity index (χ4n) is 11.9. The average Bonchev–Trinajstić information content (AvgIpc) is 4.02. The number of carbonyl (C=O) groups excluding carboxylic acids is 2. The molecule has 3 aliphatic carbocycles. The number of hydrogen-bond donors (Lipinski definition) is 0. The van der Waals surface area contributed by atoms with Gasteiger partial charge in [-0.05, 0) is 127 Å². The van der Waals surface area contributed by atoms with Gasteiger partial charge in [-0.1, -0.05) is 31.2 Å². The first-order valence-electron chi connectivity index (χ1n) is 23.5. The smallest absolute Gasteiger partial charge is 0.306 e. The largest absolute Gasteiger partial charge is 0.462 e. The second-order valence-corrected chi connectivity index (χ2v) is 19.2. The number of hydrogen-bond acceptors (Lipinski definition) is 13. The highest BCUT2D eigenvalue weighted by molar-refractivity contribution is 5.99. The lowest BCUT2D eigenvalue weighted by Crippen LogP contribution is -2.59. The van der Waals surface area contributed by atoms with E-state index in [0.717, 1.165) is 30.5 Å². The van der Waals surface area contributed by atoms with Gasteiger partial charge in [0.1, 0.15) is 35.9 Å². The monoisotopic (exact) mass is 892 g/mol. The minimum atomic E-state index is -0.719. The van der Waals surface area contributed by atoms with Crippen molar-refractivity contribution in [2.24, 2.45) is 35.5 Å². The van der Waals surface area contributed by atoms with E-state index in [1.54, 1.807) is 33.5 Å². The molecule has 0 amide bonds. The zero-order valence-corrected chi connectivity index (χ0v) is 39.0. The lowest BCUT2D eigenvalue weighted by atomic mass is 9.69. The summed E-state index contributed by atoms with van der Waals surface area (Å²) in [5.41, 5.74) is 2.93. The number of ether oxygens (including phenoxy) is 8. The van der Waals surface area contributed by atoms with Crippen LogP contribution in [0.3, 0.4) is 0 Å². The molecule has 1 saturated carbocycles. The van der Waals surface area contributed by atoms with E-state index >= 15 is 4.79 Å². The summed E-state index contributed by atoms with van der Waals surface area (Å²) in [6.45, 7) is 8.07. The number of aromatic nitrogens is 3. The third-order valence-corrected chi connectivity index (χ3v) is 15.3. The van der Waals surface area contributed by atoms with Gasteiger partial charge in [-0.2, -0.15) is 0 Å². The van der Waals surface area contributed by atoms with E-state index in [9.17, 15) is 9.18 Å². The molecule has 3 unspecified atom stereocenters. The number of Topliss-reactive ketones (excluding diaryl/α,β-unsaturated/α-hetero) is 1. The lowest BCUT2D eigenvalue weighted by Gasteiger charge is -2.44. The van der Waals surface area contributed by atoms with E-state index in [1.165, 1.54) is 12.1 Å². The number of fused-ring (bicyclic) bond motifs is 5. The maximum Gasteiger partial charge on any atom is 0.306 e. The molecule has 14 nitrogen and oxygen atoms in total. The summed E-state index contributed by atoms with van der Waals surface area (Å²) >= 11 is 0. The van der Waals surface area contributed by atoms with Crippen molar-refractivity contribution in [1.29, 1.82) is 0 Å². The third-order valence-electron chi connectivity index (χ3n) is 15.3. The van der Waals surface area contributed by atoms with Crippen LogP contribution in [-0.4, -0.2) is 135 Å². The highest BCUT2D eigenvalue weighted by Gasteiger charge is 2.55. The number of halogens is 1. The molecule has 17 atom stereocenters. The van der Waals surface area contributed by atoms with E-state index in [-0.39, 0.29) is 84.3 Å². The van der Waals surface area contributed by atoms with Crippen molar-refractivity contribution in [2.75, 3.05) is 35.4 Å². The van der Waals surface area contributed by atoms with Crippen LogP contribution in [0.2, 0.25) is 0 Å². The van der Waals surface area contributed by atoms with Crippen LogP contribution in [0.15, 0.2) is 48.2 Å². The fourth-order valence-corrected chi connectivity index (χ4v) is 11.9. The predicted octanol–water partition coefficient (Wildman–Crippen LogP) is 6.87. The minimum Gasteiger partial charge on any atom is -0.462 e. The van der Waals surface area contributed by atoms with E-state index in [1.807, 2.05) is 31.6 Å². The highest BCUT2D eigenvalue weighted by atomic mass is 19.1. The van der Waals surface area contributed by atoms with Crippen LogP contribution >= 0.6 is 0 Å². The number of cyclic esters (lactones) is 1. The van der Waals surface area contributed by atoms with Crippen molar-refractivity contribution in [3.8, 4) is 11.3 Å². The molecule has 64 heavy (non-hydrogen) atoms. The molecular formula is C49H69FN4O10. The summed E-state index contributed by atoms with van der Waals surface area (Å²) in [6.07, 6.45) is 8.50. The summed E-state index contributed by atoms with van der Waals surface area (Å²) in [7, 11) is 9.05. The molecule has 2 aromatic rings. The van der Waals surface area contributed by atoms with Gasteiger partial charge >= 0.3 is 5.97 Å². The van der Waals surface area contributed by atoms with Gasteiger partial charge in [-0.3, -0.25) is 9.59 Å². The molecule has 15 heteroatoms. The fraction of sp³-hybridized carbons (Fsp3) is 0.714. The second-order valence-electron chi connectivity index (χ2n) is 19.2. The molecular weight excluding hydrogens is 824 g/mol. The highest BCUT2D eigenvalue weighted by Crippen LogP contribution is 2.57. The summed E-state index contributed by atoms with van der Waals surface area (Å²) in [6, 6.07) is 6.49. The van der Waals surface area contributed by atoms with Gasteiger partial charge in [-0.25, -0.2) is 9.07 Å². The van der Waals surface area contributed by atoms with Crippen LogP contribution in [0.1, 0.15) is 85.5 Å². The second kappa shape index (κ2) is 20.2. The third kappa shape index (κ3) is 9.56. The lowest BCUT2D eigenvalue weighted by molar-refractivity contribution is -0.314. The minimum absolute atomic E-state index is 0.00215. The van der Waals surface area contributed by atoms with Crippen LogP contribution in [0.5, 0.6) is 0 Å². The molecule has 0 spiro atoms. The number of esters is 1. The number of benzene rings is 1. The normalized spacial score (nSPS) is 39.5.